The molecule has 2 heterocycles. The minimum Gasteiger partial charge on any atom is -0.352 e. The zero-order chi connectivity index (χ0) is 18.8. The van der Waals surface area contributed by atoms with Gasteiger partial charge >= 0.3 is 0 Å². The van der Waals surface area contributed by atoms with Crippen LogP contribution in [0.25, 0.3) is 5.69 Å². The Kier molecular flexibility index (Phi) is 6.90. The molecule has 1 saturated heterocycles. The molecule has 2 aromatic rings. The van der Waals surface area contributed by atoms with Crippen molar-refractivity contribution in [3.05, 3.63) is 48.3 Å². The highest BCUT2D eigenvalue weighted by molar-refractivity contribution is 14.0. The first-order valence-corrected chi connectivity index (χ1v) is 10.2. The molecule has 9 heteroatoms. The number of aliphatic imine (C=N–C) groups is 1. The van der Waals surface area contributed by atoms with Crippen LogP contribution in [0.15, 0.2) is 47.7 Å². The van der Waals surface area contributed by atoms with Crippen LogP contribution in [0.4, 0.5) is 0 Å². The number of hydrogen-bond donors (Lipinski definition) is 1. The van der Waals surface area contributed by atoms with Crippen LogP contribution in [0.3, 0.4) is 0 Å². The Morgan fingerprint density at radius 3 is 2.67 bits per heavy atom. The van der Waals surface area contributed by atoms with Crippen LogP contribution in [0.1, 0.15) is 19.4 Å². The van der Waals surface area contributed by atoms with Crippen molar-refractivity contribution in [2.24, 2.45) is 4.99 Å². The van der Waals surface area contributed by atoms with Crippen LogP contribution in [-0.2, 0) is 16.4 Å². The van der Waals surface area contributed by atoms with E-state index in [0.29, 0.717) is 25.6 Å². The maximum atomic E-state index is 12.2. The van der Waals surface area contributed by atoms with Crippen LogP contribution in [0.2, 0.25) is 0 Å². The Morgan fingerprint density at radius 1 is 1.30 bits per heavy atom. The van der Waals surface area contributed by atoms with Gasteiger partial charge in [0.25, 0.3) is 0 Å². The van der Waals surface area contributed by atoms with Crippen molar-refractivity contribution in [3.63, 3.8) is 0 Å². The second-order valence-corrected chi connectivity index (χ2v) is 9.72. The average Bonchev–Trinajstić information content (AvgIpc) is 3.13. The molecule has 1 fully saturated rings. The summed E-state index contributed by atoms with van der Waals surface area (Å²) in [6.45, 7) is 5.00. The highest BCUT2D eigenvalue weighted by Crippen LogP contribution is 2.23. The fourth-order valence-corrected chi connectivity index (χ4v) is 4.49. The lowest BCUT2D eigenvalue weighted by atomic mass is 10.1. The lowest BCUT2D eigenvalue weighted by Gasteiger charge is -2.39. The molecule has 7 nitrogen and oxygen atoms in total. The standard InChI is InChI=1S/C18H25N5O2S.HI/c1-18(2)14-22(11-12-26(18,24)25)17(19-3)20-13-15-7-4-5-8-16(15)23-10-6-9-21-23;/h4-10H,11-14H2,1-3H3,(H,19,20);1H. The summed E-state index contributed by atoms with van der Waals surface area (Å²) in [6.07, 6.45) is 3.66. The first-order valence-electron chi connectivity index (χ1n) is 8.60. The van der Waals surface area contributed by atoms with Gasteiger partial charge in [-0.1, -0.05) is 18.2 Å². The van der Waals surface area contributed by atoms with E-state index in [1.807, 2.05) is 46.1 Å². The number of para-hydroxylation sites is 1. The maximum absolute atomic E-state index is 12.2. The fraction of sp³-hybridized carbons (Fsp3) is 0.444. The van der Waals surface area contributed by atoms with E-state index in [1.54, 1.807) is 27.1 Å². The third-order valence-corrected chi connectivity index (χ3v) is 7.27. The van der Waals surface area contributed by atoms with Gasteiger partial charge in [0.15, 0.2) is 15.8 Å². The Bertz CT molecular complexity index is 894. The van der Waals surface area contributed by atoms with E-state index in [1.165, 1.54) is 0 Å². The van der Waals surface area contributed by atoms with E-state index >= 15 is 0 Å². The Labute approximate surface area is 177 Å². The van der Waals surface area contributed by atoms with Gasteiger partial charge in [-0.15, -0.1) is 24.0 Å². The highest BCUT2D eigenvalue weighted by atomic mass is 127. The van der Waals surface area contributed by atoms with Crippen molar-refractivity contribution >= 4 is 39.8 Å². The lowest BCUT2D eigenvalue weighted by molar-refractivity contribution is 0.353. The molecule has 0 radical (unpaired) electrons. The topological polar surface area (TPSA) is 79.6 Å². The second kappa shape index (κ2) is 8.59. The summed E-state index contributed by atoms with van der Waals surface area (Å²) in [5.41, 5.74) is 2.09. The van der Waals surface area contributed by atoms with Crippen molar-refractivity contribution in [2.45, 2.75) is 25.1 Å². The zero-order valence-electron chi connectivity index (χ0n) is 15.8. The number of sulfone groups is 1. The largest absolute Gasteiger partial charge is 0.352 e. The smallest absolute Gasteiger partial charge is 0.193 e. The number of nitrogens with one attached hydrogen (secondary N) is 1. The molecule has 1 aliphatic heterocycles. The van der Waals surface area contributed by atoms with Gasteiger partial charge in [0, 0.05) is 39.1 Å². The Morgan fingerprint density at radius 2 is 2.04 bits per heavy atom. The molecule has 27 heavy (non-hydrogen) atoms. The number of rotatable bonds is 3. The first-order chi connectivity index (χ1) is 12.3. The lowest BCUT2D eigenvalue weighted by Crippen LogP contribution is -2.57. The molecule has 1 aromatic carbocycles. The minimum absolute atomic E-state index is 0. The molecule has 0 atom stereocenters. The molecule has 1 N–H and O–H groups in total. The average molecular weight is 503 g/mol. The fourth-order valence-electron chi connectivity index (χ4n) is 3.13. The van der Waals surface area contributed by atoms with E-state index in [-0.39, 0.29) is 29.7 Å². The molecular formula is C18H26IN5O2S. The quantitative estimate of drug-likeness (QED) is 0.394. The van der Waals surface area contributed by atoms with E-state index in [2.05, 4.69) is 15.4 Å². The number of aromatic nitrogens is 2. The second-order valence-electron chi connectivity index (χ2n) is 6.98. The summed E-state index contributed by atoms with van der Waals surface area (Å²) in [4.78, 5) is 6.36. The molecule has 148 valence electrons. The van der Waals surface area contributed by atoms with Crippen molar-refractivity contribution in [3.8, 4) is 5.69 Å². The maximum Gasteiger partial charge on any atom is 0.193 e. The predicted octanol–water partition coefficient (Wildman–Crippen LogP) is 2.07. The van der Waals surface area contributed by atoms with Crippen LogP contribution in [0.5, 0.6) is 0 Å². The van der Waals surface area contributed by atoms with Crippen LogP contribution >= 0.6 is 24.0 Å². The van der Waals surface area contributed by atoms with Crippen LogP contribution in [-0.4, -0.2) is 59.7 Å². The van der Waals surface area contributed by atoms with Crippen molar-refractivity contribution in [1.29, 1.82) is 0 Å². The molecule has 0 spiro atoms. The SMILES string of the molecule is CN=C(NCc1ccccc1-n1cccn1)N1CCS(=O)(=O)C(C)(C)C1.I. The van der Waals surface area contributed by atoms with Gasteiger partial charge < -0.3 is 10.2 Å². The molecule has 3 rings (SSSR count). The van der Waals surface area contributed by atoms with Gasteiger partial charge in [0.1, 0.15) is 0 Å². The Hall–Kier alpha value is -1.62. The van der Waals surface area contributed by atoms with Gasteiger partial charge in [0.2, 0.25) is 0 Å². The summed E-state index contributed by atoms with van der Waals surface area (Å²) in [7, 11) is -1.36. The van der Waals surface area contributed by atoms with Gasteiger partial charge in [-0.05, 0) is 31.5 Å². The molecule has 0 saturated carbocycles. The number of hydrogen-bond acceptors (Lipinski definition) is 4. The predicted molar refractivity (Wildman–Crippen MR) is 119 cm³/mol. The highest BCUT2D eigenvalue weighted by Gasteiger charge is 2.40. The summed E-state index contributed by atoms with van der Waals surface area (Å²) < 4.78 is 25.5. The number of benzene rings is 1. The number of nitrogens with zero attached hydrogens (tertiary/aromatic N) is 4. The monoisotopic (exact) mass is 503 g/mol. The van der Waals surface area contributed by atoms with E-state index < -0.39 is 14.6 Å². The van der Waals surface area contributed by atoms with Crippen LogP contribution < -0.4 is 5.32 Å². The minimum atomic E-state index is -3.08. The van der Waals surface area contributed by atoms with Gasteiger partial charge in [0.05, 0.1) is 16.2 Å². The molecule has 0 bridgehead atoms. The van der Waals surface area contributed by atoms with E-state index in [4.69, 9.17) is 0 Å². The van der Waals surface area contributed by atoms with Crippen molar-refractivity contribution in [1.82, 2.24) is 20.0 Å². The summed E-state index contributed by atoms with van der Waals surface area (Å²) >= 11 is 0. The van der Waals surface area contributed by atoms with Gasteiger partial charge in [-0.25, -0.2) is 13.1 Å². The molecule has 1 aliphatic rings. The number of guanidine groups is 1. The summed E-state index contributed by atoms with van der Waals surface area (Å²) in [5.74, 6) is 0.855. The molecular weight excluding hydrogens is 477 g/mol. The van der Waals surface area contributed by atoms with E-state index in [9.17, 15) is 8.42 Å². The zero-order valence-corrected chi connectivity index (χ0v) is 18.9. The third-order valence-electron chi connectivity index (χ3n) is 4.73. The molecule has 1 aromatic heterocycles. The summed E-state index contributed by atoms with van der Waals surface area (Å²) in [5, 5.41) is 7.66. The van der Waals surface area contributed by atoms with Crippen LogP contribution in [0, 0.1) is 0 Å². The molecule has 0 unspecified atom stereocenters. The van der Waals surface area contributed by atoms with E-state index in [0.717, 1.165) is 11.3 Å². The van der Waals surface area contributed by atoms with Crippen molar-refractivity contribution in [2.75, 3.05) is 25.9 Å². The third kappa shape index (κ3) is 4.63. The Balaban J connectivity index is 0.00000261. The number of halogens is 1. The van der Waals surface area contributed by atoms with Gasteiger partial charge in [-0.3, -0.25) is 4.99 Å². The van der Waals surface area contributed by atoms with Crippen molar-refractivity contribution < 1.29 is 8.42 Å². The molecule has 0 aliphatic carbocycles. The first kappa shape index (κ1) is 21.7. The summed E-state index contributed by atoms with van der Waals surface area (Å²) in [6, 6.07) is 9.92. The normalized spacial score (nSPS) is 18.6. The molecule has 0 amide bonds. The van der Waals surface area contributed by atoms with Gasteiger partial charge in [-0.2, -0.15) is 5.10 Å².